The summed E-state index contributed by atoms with van der Waals surface area (Å²) in [7, 11) is 1.76. The van der Waals surface area contributed by atoms with Gasteiger partial charge in [-0.15, -0.1) is 5.10 Å². The fourth-order valence-corrected chi connectivity index (χ4v) is 4.70. The van der Waals surface area contributed by atoms with Crippen molar-refractivity contribution in [1.82, 2.24) is 29.1 Å². The number of hydrogen-bond donors (Lipinski definition) is 2. The van der Waals surface area contributed by atoms with E-state index in [-0.39, 0.29) is 11.6 Å². The molecule has 0 amide bonds. The molecule has 0 bridgehead atoms. The smallest absolute Gasteiger partial charge is 0.256 e. The number of hydrogen-bond acceptors (Lipinski definition) is 7. The molecule has 180 valence electrons. The van der Waals surface area contributed by atoms with E-state index in [1.165, 1.54) is 4.57 Å². The first-order chi connectivity index (χ1) is 16.3. The van der Waals surface area contributed by atoms with Crippen molar-refractivity contribution in [2.45, 2.75) is 64.1 Å². The first-order valence-corrected chi connectivity index (χ1v) is 11.4. The third-order valence-electron chi connectivity index (χ3n) is 6.79. The lowest BCUT2D eigenvalue weighted by molar-refractivity contribution is -0.0253. The molecular weight excluding hydrogens is 442 g/mol. The average Bonchev–Trinajstić information content (AvgIpc) is 3.36. The van der Waals surface area contributed by atoms with E-state index in [2.05, 4.69) is 32.3 Å². The van der Waals surface area contributed by atoms with Crippen molar-refractivity contribution in [3.63, 3.8) is 0 Å². The summed E-state index contributed by atoms with van der Waals surface area (Å²) < 4.78 is 34.9. The van der Waals surface area contributed by atoms with E-state index in [0.29, 0.717) is 40.0 Å². The van der Waals surface area contributed by atoms with E-state index in [9.17, 15) is 8.78 Å². The van der Waals surface area contributed by atoms with Crippen LogP contribution >= 0.6 is 0 Å². The molecule has 0 spiro atoms. The van der Waals surface area contributed by atoms with Crippen LogP contribution in [0.2, 0.25) is 0 Å². The van der Waals surface area contributed by atoms with Gasteiger partial charge >= 0.3 is 0 Å². The summed E-state index contributed by atoms with van der Waals surface area (Å²) in [6.07, 6.45) is 3.13. The van der Waals surface area contributed by atoms with E-state index in [0.717, 1.165) is 31.2 Å². The third-order valence-corrected chi connectivity index (χ3v) is 6.79. The molecule has 1 saturated carbocycles. The van der Waals surface area contributed by atoms with Crippen molar-refractivity contribution < 1.29 is 13.5 Å². The zero-order valence-corrected chi connectivity index (χ0v) is 19.4. The molecular formula is C23H28F2N8O. The van der Waals surface area contributed by atoms with Crippen LogP contribution in [0.15, 0.2) is 24.4 Å². The van der Waals surface area contributed by atoms with Gasteiger partial charge in [-0.1, -0.05) is 0 Å². The maximum atomic E-state index is 13.1. The van der Waals surface area contributed by atoms with Crippen molar-refractivity contribution in [2.24, 2.45) is 0 Å². The molecule has 0 saturated heterocycles. The number of imidazole rings is 1. The number of nitrogen functional groups attached to an aromatic ring is 1. The van der Waals surface area contributed by atoms with Crippen LogP contribution in [-0.4, -0.2) is 54.3 Å². The van der Waals surface area contributed by atoms with Gasteiger partial charge in [0, 0.05) is 24.9 Å². The van der Waals surface area contributed by atoms with E-state index in [1.807, 2.05) is 6.07 Å². The van der Waals surface area contributed by atoms with Crippen molar-refractivity contribution in [3.05, 3.63) is 30.2 Å². The fraction of sp³-hybridized carbons (Fsp3) is 0.478. The predicted molar refractivity (Wildman–Crippen MR) is 126 cm³/mol. The summed E-state index contributed by atoms with van der Waals surface area (Å²) in [5, 5.41) is 8.00. The number of methoxy groups -OCH3 is 1. The van der Waals surface area contributed by atoms with Gasteiger partial charge in [0.1, 0.15) is 16.9 Å². The van der Waals surface area contributed by atoms with Gasteiger partial charge < -0.3 is 20.4 Å². The molecule has 4 aromatic rings. The second kappa shape index (κ2) is 8.46. The monoisotopic (exact) mass is 470 g/mol. The molecule has 34 heavy (non-hydrogen) atoms. The minimum Gasteiger partial charge on any atom is -0.382 e. The van der Waals surface area contributed by atoms with Gasteiger partial charge in [0.25, 0.3) is 6.43 Å². The number of nitrogens with zero attached hydrogens (tertiary/aromatic N) is 6. The minimum absolute atomic E-state index is 0.0747. The minimum atomic E-state index is -2.50. The maximum Gasteiger partial charge on any atom is 0.256 e. The Balaban J connectivity index is 1.45. The average molecular weight is 471 g/mol. The van der Waals surface area contributed by atoms with E-state index in [1.54, 1.807) is 36.9 Å². The first kappa shape index (κ1) is 22.5. The molecule has 4 heterocycles. The van der Waals surface area contributed by atoms with Gasteiger partial charge in [-0.05, 0) is 57.7 Å². The lowest BCUT2D eigenvalue weighted by Gasteiger charge is -2.36. The van der Waals surface area contributed by atoms with Crippen LogP contribution in [0.1, 0.15) is 38.4 Å². The number of nitrogens with two attached hydrogens (primary N) is 1. The zero-order valence-electron chi connectivity index (χ0n) is 19.4. The Morgan fingerprint density at radius 2 is 1.97 bits per heavy atom. The van der Waals surface area contributed by atoms with Crippen molar-refractivity contribution in [2.75, 3.05) is 18.2 Å². The highest BCUT2D eigenvalue weighted by molar-refractivity contribution is 5.88. The fourth-order valence-electron chi connectivity index (χ4n) is 4.70. The Morgan fingerprint density at radius 1 is 1.21 bits per heavy atom. The normalized spacial score (nSPS) is 21.1. The summed E-state index contributed by atoms with van der Waals surface area (Å²) in [6, 6.07) is 5.68. The summed E-state index contributed by atoms with van der Waals surface area (Å²) in [4.78, 5) is 13.5. The molecule has 0 aromatic carbocycles. The molecule has 1 aliphatic rings. The van der Waals surface area contributed by atoms with Crippen molar-refractivity contribution in [1.29, 1.82) is 0 Å². The summed E-state index contributed by atoms with van der Waals surface area (Å²) in [6.45, 7) is 3.37. The standard InChI is InChI=1S/C23H28F2N8O/c1-13-27-17-5-4-16(29-21(17)32(13)12-18(24)25)15-8-11-33-19(15)20(26)30-22(31-33)28-14-6-9-23(2,34-3)10-7-14/h4-5,8,11,14,18H,6-7,9-10,12H2,1-3H3,(H3,26,28,30,31). The maximum absolute atomic E-state index is 13.1. The number of aryl methyl sites for hydroxylation is 1. The molecule has 3 N–H and O–H groups in total. The SMILES string of the molecule is COC1(C)CCC(Nc2nc(N)c3c(-c4ccc5nc(C)n(CC(F)F)c5n4)ccn3n2)CC1. The molecule has 1 aliphatic carbocycles. The number of pyridine rings is 1. The molecule has 4 aromatic heterocycles. The molecule has 11 heteroatoms. The Hall–Kier alpha value is -3.34. The number of halogens is 2. The first-order valence-electron chi connectivity index (χ1n) is 11.4. The number of alkyl halides is 2. The van der Waals surface area contributed by atoms with Gasteiger partial charge in [-0.25, -0.2) is 23.3 Å². The largest absolute Gasteiger partial charge is 0.382 e. The lowest BCUT2D eigenvalue weighted by atomic mass is 9.83. The molecule has 1 fully saturated rings. The van der Waals surface area contributed by atoms with Crippen LogP contribution in [0.5, 0.6) is 0 Å². The highest BCUT2D eigenvalue weighted by Gasteiger charge is 2.31. The number of nitrogens with one attached hydrogen (secondary N) is 1. The molecule has 5 rings (SSSR count). The van der Waals surface area contributed by atoms with Crippen LogP contribution in [0.4, 0.5) is 20.5 Å². The van der Waals surface area contributed by atoms with E-state index >= 15 is 0 Å². The van der Waals surface area contributed by atoms with Gasteiger partial charge in [-0.2, -0.15) is 4.98 Å². The molecule has 9 nitrogen and oxygen atoms in total. The Morgan fingerprint density at radius 3 is 2.68 bits per heavy atom. The van der Waals surface area contributed by atoms with Crippen LogP contribution in [-0.2, 0) is 11.3 Å². The van der Waals surface area contributed by atoms with Crippen LogP contribution in [0, 0.1) is 6.92 Å². The second-order valence-corrected chi connectivity index (χ2v) is 9.12. The van der Waals surface area contributed by atoms with Gasteiger partial charge in [-0.3, -0.25) is 0 Å². The Bertz CT molecular complexity index is 1340. The summed E-state index contributed by atoms with van der Waals surface area (Å²) in [5.74, 6) is 1.27. The Labute approximate surface area is 195 Å². The molecule has 0 radical (unpaired) electrons. The Kier molecular flexibility index (Phi) is 5.59. The van der Waals surface area contributed by atoms with Crippen LogP contribution in [0.3, 0.4) is 0 Å². The summed E-state index contributed by atoms with van der Waals surface area (Å²) >= 11 is 0. The van der Waals surface area contributed by atoms with Crippen LogP contribution in [0.25, 0.3) is 27.9 Å². The molecule has 0 aliphatic heterocycles. The zero-order chi connectivity index (χ0) is 24.0. The number of anilines is 2. The number of fused-ring (bicyclic) bond motifs is 2. The van der Waals surface area contributed by atoms with Crippen molar-refractivity contribution >= 4 is 28.4 Å². The lowest BCUT2D eigenvalue weighted by Crippen LogP contribution is -2.37. The molecule has 0 unspecified atom stereocenters. The van der Waals surface area contributed by atoms with Gasteiger partial charge in [0.05, 0.1) is 17.8 Å². The van der Waals surface area contributed by atoms with Gasteiger partial charge in [0.15, 0.2) is 11.5 Å². The quantitative estimate of drug-likeness (QED) is 0.438. The van der Waals surface area contributed by atoms with E-state index < -0.39 is 13.0 Å². The highest BCUT2D eigenvalue weighted by atomic mass is 19.3. The summed E-state index contributed by atoms with van der Waals surface area (Å²) in [5.41, 5.74) is 9.18. The topological polar surface area (TPSA) is 108 Å². The number of rotatable bonds is 6. The molecule has 0 atom stereocenters. The van der Waals surface area contributed by atoms with Crippen LogP contribution < -0.4 is 11.1 Å². The van der Waals surface area contributed by atoms with Gasteiger partial charge in [0.2, 0.25) is 5.95 Å². The third kappa shape index (κ3) is 4.04. The highest BCUT2D eigenvalue weighted by Crippen LogP contribution is 2.33. The van der Waals surface area contributed by atoms with E-state index in [4.69, 9.17) is 10.5 Å². The number of ether oxygens (including phenoxy) is 1. The van der Waals surface area contributed by atoms with Crippen molar-refractivity contribution in [3.8, 4) is 11.3 Å². The number of aromatic nitrogens is 6. The second-order valence-electron chi connectivity index (χ2n) is 9.12. The predicted octanol–water partition coefficient (Wildman–Crippen LogP) is 4.06.